The SMILES string of the molecule is CN(C)c1ccc(-c2cnc3c(c2)c(C#Cc2ccccc2)cn3OOSc2ccccc2)cc1. The first-order chi connectivity index (χ1) is 17.2. The van der Waals surface area contributed by atoms with Gasteiger partial charge in [0, 0.05) is 47.4 Å². The fourth-order valence-corrected chi connectivity index (χ4v) is 4.01. The molecule has 0 amide bonds. The van der Waals surface area contributed by atoms with Crippen LogP contribution in [0.1, 0.15) is 11.1 Å². The maximum Gasteiger partial charge on any atom is 0.180 e. The number of anilines is 1. The molecule has 0 bridgehead atoms. The van der Waals surface area contributed by atoms with Crippen LogP contribution in [0.2, 0.25) is 0 Å². The minimum Gasteiger partial charge on any atom is -0.378 e. The molecule has 0 N–H and O–H groups in total. The topological polar surface area (TPSA) is 39.5 Å². The monoisotopic (exact) mass is 477 g/mol. The Morgan fingerprint density at radius 3 is 2.26 bits per heavy atom. The van der Waals surface area contributed by atoms with E-state index in [4.69, 9.17) is 9.32 Å². The summed E-state index contributed by atoms with van der Waals surface area (Å²) in [6.45, 7) is 0. The van der Waals surface area contributed by atoms with Crippen LogP contribution in [0.15, 0.2) is 108 Å². The molecule has 0 saturated carbocycles. The van der Waals surface area contributed by atoms with Gasteiger partial charge in [0.2, 0.25) is 0 Å². The molecule has 2 aromatic heterocycles. The van der Waals surface area contributed by atoms with Crippen molar-refractivity contribution in [1.82, 2.24) is 9.71 Å². The quantitative estimate of drug-likeness (QED) is 0.125. The normalized spacial score (nSPS) is 10.6. The Hall–Kier alpha value is -4.18. The Kier molecular flexibility index (Phi) is 6.71. The molecule has 0 spiro atoms. The third-order valence-electron chi connectivity index (χ3n) is 5.43. The Balaban J connectivity index is 1.49. The third kappa shape index (κ3) is 5.33. The molecule has 5 rings (SSSR count). The predicted octanol–water partition coefficient (Wildman–Crippen LogP) is 6.24. The first-order valence-corrected chi connectivity index (χ1v) is 11.8. The van der Waals surface area contributed by atoms with E-state index < -0.39 is 0 Å². The van der Waals surface area contributed by atoms with E-state index in [9.17, 15) is 0 Å². The van der Waals surface area contributed by atoms with E-state index in [2.05, 4.69) is 52.1 Å². The van der Waals surface area contributed by atoms with Gasteiger partial charge in [-0.2, -0.15) is 0 Å². The summed E-state index contributed by atoms with van der Waals surface area (Å²) in [5.41, 5.74) is 5.60. The molecule has 35 heavy (non-hydrogen) atoms. The number of hydrogen-bond donors (Lipinski definition) is 0. The van der Waals surface area contributed by atoms with Crippen molar-refractivity contribution in [3.8, 4) is 23.0 Å². The van der Waals surface area contributed by atoms with E-state index >= 15 is 0 Å². The molecule has 2 heterocycles. The van der Waals surface area contributed by atoms with Gasteiger partial charge >= 0.3 is 0 Å². The van der Waals surface area contributed by atoms with Gasteiger partial charge in [-0.1, -0.05) is 64.7 Å². The van der Waals surface area contributed by atoms with Crippen LogP contribution < -0.4 is 9.89 Å². The molecule has 0 radical (unpaired) electrons. The first kappa shape index (κ1) is 22.6. The fourth-order valence-electron chi connectivity index (χ4n) is 3.57. The lowest BCUT2D eigenvalue weighted by Gasteiger charge is -2.12. The van der Waals surface area contributed by atoms with Crippen molar-refractivity contribution in [3.63, 3.8) is 0 Å². The highest BCUT2D eigenvalue weighted by molar-refractivity contribution is 7.94. The highest BCUT2D eigenvalue weighted by atomic mass is 32.2. The van der Waals surface area contributed by atoms with E-state index in [0.717, 1.165) is 50.3 Å². The molecular formula is C29H23N3O2S. The number of pyridine rings is 1. The van der Waals surface area contributed by atoms with Crippen LogP contribution in [-0.4, -0.2) is 23.8 Å². The van der Waals surface area contributed by atoms with Crippen LogP contribution in [0, 0.1) is 11.8 Å². The van der Waals surface area contributed by atoms with Crippen molar-refractivity contribution in [3.05, 3.63) is 115 Å². The van der Waals surface area contributed by atoms with Gasteiger partial charge in [0.25, 0.3) is 0 Å². The lowest BCUT2D eigenvalue weighted by atomic mass is 10.0. The summed E-state index contributed by atoms with van der Waals surface area (Å²) >= 11 is 1.14. The molecule has 0 aliphatic rings. The molecule has 5 aromatic rings. The summed E-state index contributed by atoms with van der Waals surface area (Å²) in [6.07, 6.45) is 3.64. The summed E-state index contributed by atoms with van der Waals surface area (Å²) in [7, 11) is 4.06. The summed E-state index contributed by atoms with van der Waals surface area (Å²) in [5.74, 6) is 6.50. The average Bonchev–Trinajstić information content (AvgIpc) is 3.25. The van der Waals surface area contributed by atoms with Gasteiger partial charge in [-0.25, -0.2) is 9.97 Å². The summed E-state index contributed by atoms with van der Waals surface area (Å²) < 4.78 is 6.94. The van der Waals surface area contributed by atoms with Crippen molar-refractivity contribution < 1.29 is 9.32 Å². The van der Waals surface area contributed by atoms with Crippen LogP contribution in [0.3, 0.4) is 0 Å². The Morgan fingerprint density at radius 2 is 1.54 bits per heavy atom. The summed E-state index contributed by atoms with van der Waals surface area (Å²) in [4.78, 5) is 13.3. The molecule has 0 aliphatic heterocycles. The Bertz CT molecular complexity index is 1490. The van der Waals surface area contributed by atoms with E-state index in [-0.39, 0.29) is 0 Å². The molecule has 0 atom stereocenters. The van der Waals surface area contributed by atoms with Crippen molar-refractivity contribution in [2.24, 2.45) is 0 Å². The van der Waals surface area contributed by atoms with E-state index in [0.29, 0.717) is 5.65 Å². The fraction of sp³-hybridized carbons (Fsp3) is 0.0690. The second-order valence-electron chi connectivity index (χ2n) is 8.06. The minimum atomic E-state index is 0.629. The van der Waals surface area contributed by atoms with Gasteiger partial charge in [0.05, 0.1) is 23.8 Å². The van der Waals surface area contributed by atoms with Gasteiger partial charge in [-0.15, -0.1) is 4.73 Å². The van der Waals surface area contributed by atoms with E-state index in [1.54, 1.807) is 6.20 Å². The third-order valence-corrected chi connectivity index (χ3v) is 6.02. The predicted molar refractivity (Wildman–Crippen MR) is 142 cm³/mol. The molecule has 172 valence electrons. The second-order valence-corrected chi connectivity index (χ2v) is 8.83. The zero-order valence-corrected chi connectivity index (χ0v) is 20.2. The van der Waals surface area contributed by atoms with Crippen LogP contribution in [0.4, 0.5) is 5.69 Å². The zero-order chi connectivity index (χ0) is 24.0. The molecular weight excluding hydrogens is 454 g/mol. The number of nitrogens with zero attached hydrogens (tertiary/aromatic N) is 3. The molecule has 0 aliphatic carbocycles. The van der Waals surface area contributed by atoms with Crippen LogP contribution in [0.25, 0.3) is 22.2 Å². The average molecular weight is 478 g/mol. The molecule has 6 heteroatoms. The second kappa shape index (κ2) is 10.4. The standard InChI is InChI=1S/C29H23N3O2S/c1-31(2)26-17-15-23(16-18-26)25-19-28-24(14-13-22-9-5-3-6-10-22)21-32(29(28)30-20-25)33-34-35-27-11-7-4-8-12-27/h3-12,15-21H,1-2H3. The number of rotatable bonds is 6. The zero-order valence-electron chi connectivity index (χ0n) is 19.4. The maximum atomic E-state index is 5.59. The van der Waals surface area contributed by atoms with Crippen molar-refractivity contribution in [1.29, 1.82) is 0 Å². The Labute approximate surface area is 209 Å². The van der Waals surface area contributed by atoms with Gasteiger partial charge in [-0.05, 0) is 48.0 Å². The minimum absolute atomic E-state index is 0.629. The number of aromatic nitrogens is 2. The van der Waals surface area contributed by atoms with Gasteiger partial charge in [-0.3, -0.25) is 0 Å². The molecule has 3 aromatic carbocycles. The lowest BCUT2D eigenvalue weighted by molar-refractivity contribution is -0.188. The number of benzene rings is 3. The smallest absolute Gasteiger partial charge is 0.180 e. The van der Waals surface area contributed by atoms with Crippen molar-refractivity contribution in [2.75, 3.05) is 19.0 Å². The lowest BCUT2D eigenvalue weighted by Crippen LogP contribution is -2.08. The van der Waals surface area contributed by atoms with E-state index in [1.807, 2.05) is 81.0 Å². The number of fused-ring (bicyclic) bond motifs is 1. The Morgan fingerprint density at radius 1 is 0.829 bits per heavy atom. The van der Waals surface area contributed by atoms with Gasteiger partial charge in [0.15, 0.2) is 5.65 Å². The van der Waals surface area contributed by atoms with Gasteiger partial charge in [0.1, 0.15) is 0 Å². The van der Waals surface area contributed by atoms with Crippen LogP contribution in [-0.2, 0) is 4.33 Å². The highest BCUT2D eigenvalue weighted by Crippen LogP contribution is 2.28. The van der Waals surface area contributed by atoms with E-state index in [1.165, 1.54) is 4.73 Å². The summed E-state index contributed by atoms with van der Waals surface area (Å²) in [6, 6.07) is 30.1. The highest BCUT2D eigenvalue weighted by Gasteiger charge is 2.13. The van der Waals surface area contributed by atoms with Gasteiger partial charge < -0.3 is 4.90 Å². The number of hydrogen-bond acceptors (Lipinski definition) is 5. The summed E-state index contributed by atoms with van der Waals surface area (Å²) in [5, 5.41) is 0.885. The molecule has 0 unspecified atom stereocenters. The van der Waals surface area contributed by atoms with Crippen molar-refractivity contribution in [2.45, 2.75) is 4.90 Å². The van der Waals surface area contributed by atoms with Crippen LogP contribution in [0.5, 0.6) is 0 Å². The first-order valence-electron chi connectivity index (χ1n) is 11.1. The van der Waals surface area contributed by atoms with Crippen LogP contribution >= 0.6 is 12.0 Å². The largest absolute Gasteiger partial charge is 0.378 e. The molecule has 5 nitrogen and oxygen atoms in total. The maximum absolute atomic E-state index is 5.59. The molecule has 0 saturated heterocycles. The van der Waals surface area contributed by atoms with Crippen molar-refractivity contribution >= 4 is 28.8 Å². The molecule has 0 fully saturated rings.